The second-order valence-electron chi connectivity index (χ2n) is 3.26. The number of nitriles is 1. The van der Waals surface area contributed by atoms with Crippen LogP contribution in [0.1, 0.15) is 12.0 Å². The molecule has 9 heteroatoms. The minimum Gasteiger partial charge on any atom is -0.382 e. The van der Waals surface area contributed by atoms with Gasteiger partial charge in [-0.3, -0.25) is 10.8 Å². The van der Waals surface area contributed by atoms with Gasteiger partial charge in [0.05, 0.1) is 0 Å². The van der Waals surface area contributed by atoms with Gasteiger partial charge in [0.25, 0.3) is 6.43 Å². The fourth-order valence-electron chi connectivity index (χ4n) is 1.08. The fraction of sp³-hybridized carbons (Fsp3) is 0.100. The zero-order valence-corrected chi connectivity index (χ0v) is 10.8. The molecule has 0 aromatic heterocycles. The second-order valence-corrected chi connectivity index (χ2v) is 4.11. The molecule has 0 aliphatic carbocycles. The maximum absolute atomic E-state index is 13.6. The normalized spacial score (nSPS) is 11.3. The van der Waals surface area contributed by atoms with Crippen LogP contribution in [0.3, 0.4) is 0 Å². The number of nitrogens with zero attached hydrogens (tertiary/aromatic N) is 2. The molecule has 0 heterocycles. The lowest BCUT2D eigenvalue weighted by molar-refractivity contribution is 0.151. The van der Waals surface area contributed by atoms with Gasteiger partial charge in [0.15, 0.2) is 5.84 Å². The highest BCUT2D eigenvalue weighted by Crippen LogP contribution is 2.31. The summed E-state index contributed by atoms with van der Waals surface area (Å²) in [4.78, 5) is 0. The summed E-state index contributed by atoms with van der Waals surface area (Å²) in [6.07, 6.45) is -2.81. The van der Waals surface area contributed by atoms with E-state index in [1.165, 1.54) is 6.07 Å². The number of hydrogen-bond donors (Lipinski definition) is 3. The van der Waals surface area contributed by atoms with Crippen molar-refractivity contribution in [2.24, 2.45) is 10.8 Å². The number of rotatable bonds is 4. The van der Waals surface area contributed by atoms with Gasteiger partial charge in [0.1, 0.15) is 17.6 Å². The van der Waals surface area contributed by atoms with Gasteiger partial charge >= 0.3 is 0 Å². The third-order valence-corrected chi connectivity index (χ3v) is 2.58. The number of halogens is 4. The van der Waals surface area contributed by atoms with Crippen molar-refractivity contribution in [3.63, 3.8) is 0 Å². The number of nitrogens with one attached hydrogen (secondary N) is 2. The average molecular weight is 334 g/mol. The Bertz CT molecular complexity index is 556. The first kappa shape index (κ1) is 15.0. The van der Waals surface area contributed by atoms with E-state index in [9.17, 15) is 13.2 Å². The molecule has 0 saturated carbocycles. The van der Waals surface area contributed by atoms with Crippen LogP contribution in [0.4, 0.5) is 18.9 Å². The van der Waals surface area contributed by atoms with Crippen LogP contribution in [0.25, 0.3) is 0 Å². The molecule has 0 atom stereocenters. The Morgan fingerprint density at radius 2 is 2.16 bits per heavy atom. The molecule has 5 nitrogen and oxygen atoms in total. The molecule has 0 radical (unpaired) electrons. The lowest BCUT2D eigenvalue weighted by atomic mass is 10.2. The van der Waals surface area contributed by atoms with Gasteiger partial charge in [0, 0.05) is 10.0 Å². The quantitative estimate of drug-likeness (QED) is 0.449. The Morgan fingerprint density at radius 3 is 2.58 bits per heavy atom. The Labute approximate surface area is 114 Å². The Hall–Kier alpha value is -2.08. The van der Waals surface area contributed by atoms with Crippen molar-refractivity contribution in [1.29, 1.82) is 10.7 Å². The van der Waals surface area contributed by atoms with Gasteiger partial charge in [-0.15, -0.1) is 0 Å². The van der Waals surface area contributed by atoms with Crippen molar-refractivity contribution in [2.45, 2.75) is 6.43 Å². The summed E-state index contributed by atoms with van der Waals surface area (Å²) in [5, 5.41) is 19.0. The van der Waals surface area contributed by atoms with E-state index < -0.39 is 29.4 Å². The standard InChI is InChI=1S/C10H7BrF3N5/c11-5-1-4(9(13)14)2-6(12)8(5)19-18-7(3-15)10(16)17/h1-2,9,19H,(H3,16,17)/b18-7+. The lowest BCUT2D eigenvalue weighted by Gasteiger charge is -2.08. The summed E-state index contributed by atoms with van der Waals surface area (Å²) in [6.45, 7) is 0. The number of anilines is 1. The number of hydrazone groups is 1. The molecule has 0 bridgehead atoms. The summed E-state index contributed by atoms with van der Waals surface area (Å²) in [7, 11) is 0. The van der Waals surface area contributed by atoms with E-state index in [0.717, 1.165) is 6.07 Å². The number of hydrogen-bond acceptors (Lipinski definition) is 4. The van der Waals surface area contributed by atoms with Crippen molar-refractivity contribution in [3.8, 4) is 6.07 Å². The van der Waals surface area contributed by atoms with Gasteiger partial charge in [-0.1, -0.05) is 0 Å². The molecule has 0 amide bonds. The molecule has 0 fully saturated rings. The number of alkyl halides is 2. The molecule has 100 valence electrons. The Balaban J connectivity index is 3.10. The van der Waals surface area contributed by atoms with E-state index in [4.69, 9.17) is 16.4 Å². The maximum atomic E-state index is 13.6. The zero-order valence-electron chi connectivity index (χ0n) is 9.22. The largest absolute Gasteiger partial charge is 0.382 e. The fourth-order valence-corrected chi connectivity index (χ4v) is 1.63. The highest BCUT2D eigenvalue weighted by molar-refractivity contribution is 9.10. The van der Waals surface area contributed by atoms with Crippen molar-refractivity contribution >= 4 is 33.2 Å². The van der Waals surface area contributed by atoms with Crippen LogP contribution in [0, 0.1) is 22.6 Å². The van der Waals surface area contributed by atoms with E-state index >= 15 is 0 Å². The molecule has 1 rings (SSSR count). The molecule has 4 N–H and O–H groups in total. The van der Waals surface area contributed by atoms with Gasteiger partial charge < -0.3 is 5.73 Å². The average Bonchev–Trinajstić information content (AvgIpc) is 2.31. The van der Waals surface area contributed by atoms with E-state index in [1.807, 2.05) is 0 Å². The molecule has 19 heavy (non-hydrogen) atoms. The van der Waals surface area contributed by atoms with Crippen LogP contribution in [-0.4, -0.2) is 11.5 Å². The monoisotopic (exact) mass is 333 g/mol. The SMILES string of the molecule is N#C/C(=N\Nc1c(F)cc(C(F)F)cc1Br)C(=N)N. The van der Waals surface area contributed by atoms with Crippen LogP contribution < -0.4 is 11.2 Å². The molecule has 0 aliphatic heterocycles. The third kappa shape index (κ3) is 3.69. The Morgan fingerprint density at radius 1 is 1.53 bits per heavy atom. The predicted octanol–water partition coefficient (Wildman–Crippen LogP) is 2.75. The Kier molecular flexibility index (Phi) is 4.88. The van der Waals surface area contributed by atoms with Crippen molar-refractivity contribution in [1.82, 2.24) is 0 Å². The van der Waals surface area contributed by atoms with Crippen molar-refractivity contribution < 1.29 is 13.2 Å². The number of nitrogens with two attached hydrogens (primary N) is 1. The van der Waals surface area contributed by atoms with E-state index in [0.29, 0.717) is 6.07 Å². The molecule has 1 aromatic rings. The van der Waals surface area contributed by atoms with Crippen LogP contribution >= 0.6 is 15.9 Å². The first-order chi connectivity index (χ1) is 8.86. The summed E-state index contributed by atoms with van der Waals surface area (Å²) in [5.41, 5.74) is 6.01. The van der Waals surface area contributed by atoms with E-state index in [-0.39, 0.29) is 10.2 Å². The minimum atomic E-state index is -2.81. The molecule has 0 spiro atoms. The zero-order chi connectivity index (χ0) is 14.6. The third-order valence-electron chi connectivity index (χ3n) is 1.96. The van der Waals surface area contributed by atoms with E-state index in [1.54, 1.807) is 0 Å². The van der Waals surface area contributed by atoms with Crippen LogP contribution in [-0.2, 0) is 0 Å². The van der Waals surface area contributed by atoms with Gasteiger partial charge in [-0.2, -0.15) is 10.4 Å². The smallest absolute Gasteiger partial charge is 0.263 e. The molecule has 0 saturated heterocycles. The predicted molar refractivity (Wildman–Crippen MR) is 67.6 cm³/mol. The number of benzene rings is 1. The summed E-state index contributed by atoms with van der Waals surface area (Å²) < 4.78 is 38.4. The second kappa shape index (κ2) is 6.19. The van der Waals surface area contributed by atoms with Crippen LogP contribution in [0.15, 0.2) is 21.7 Å². The van der Waals surface area contributed by atoms with Crippen LogP contribution in [0.5, 0.6) is 0 Å². The van der Waals surface area contributed by atoms with Gasteiger partial charge in [-0.05, 0) is 28.1 Å². The molecule has 1 aromatic carbocycles. The van der Waals surface area contributed by atoms with Crippen molar-refractivity contribution in [3.05, 3.63) is 28.0 Å². The first-order valence-corrected chi connectivity index (χ1v) is 5.51. The van der Waals surface area contributed by atoms with Gasteiger partial charge in [0.2, 0.25) is 5.71 Å². The topological polar surface area (TPSA) is 98.0 Å². The highest BCUT2D eigenvalue weighted by atomic mass is 79.9. The first-order valence-electron chi connectivity index (χ1n) is 4.72. The minimum absolute atomic E-state index is 0.00684. The van der Waals surface area contributed by atoms with Crippen LogP contribution in [0.2, 0.25) is 0 Å². The molecule has 0 unspecified atom stereocenters. The summed E-state index contributed by atoms with van der Waals surface area (Å²) in [6, 6.07) is 3.19. The summed E-state index contributed by atoms with van der Waals surface area (Å²) >= 11 is 2.90. The van der Waals surface area contributed by atoms with Gasteiger partial charge in [-0.25, -0.2) is 13.2 Å². The molecule has 0 aliphatic rings. The lowest BCUT2D eigenvalue weighted by Crippen LogP contribution is -2.22. The highest BCUT2D eigenvalue weighted by Gasteiger charge is 2.15. The maximum Gasteiger partial charge on any atom is 0.263 e. The summed E-state index contributed by atoms with van der Waals surface area (Å²) in [5.74, 6) is -1.58. The molecular formula is C10H7BrF3N5. The number of amidine groups is 1. The van der Waals surface area contributed by atoms with Crippen molar-refractivity contribution in [2.75, 3.05) is 5.43 Å². The van der Waals surface area contributed by atoms with E-state index in [2.05, 4.69) is 26.5 Å². The molecular weight excluding hydrogens is 327 g/mol.